The van der Waals surface area contributed by atoms with E-state index in [1.54, 1.807) is 0 Å². The molecule has 0 radical (unpaired) electrons. The number of hydrogen-bond acceptors (Lipinski definition) is 2. The summed E-state index contributed by atoms with van der Waals surface area (Å²) in [6, 6.07) is 11.8. The monoisotopic (exact) mass is 285 g/mol. The maximum atomic E-state index is 4.67. The van der Waals surface area contributed by atoms with Crippen molar-refractivity contribution in [1.82, 2.24) is 15.1 Å². The summed E-state index contributed by atoms with van der Waals surface area (Å²) in [5, 5.41) is 8.26. The van der Waals surface area contributed by atoms with Gasteiger partial charge in [-0.3, -0.25) is 4.68 Å². The molecule has 2 rings (SSSR count). The minimum absolute atomic E-state index is 0.424. The van der Waals surface area contributed by atoms with Gasteiger partial charge in [-0.25, -0.2) is 0 Å². The molecule has 0 saturated carbocycles. The van der Waals surface area contributed by atoms with Gasteiger partial charge in [0.2, 0.25) is 0 Å². The Morgan fingerprint density at radius 1 is 1.19 bits per heavy atom. The van der Waals surface area contributed by atoms with Crippen molar-refractivity contribution in [3.63, 3.8) is 0 Å². The van der Waals surface area contributed by atoms with Gasteiger partial charge in [-0.2, -0.15) is 5.10 Å². The quantitative estimate of drug-likeness (QED) is 0.843. The molecule has 0 aliphatic carbocycles. The maximum absolute atomic E-state index is 4.67. The van der Waals surface area contributed by atoms with Gasteiger partial charge < -0.3 is 5.32 Å². The first kappa shape index (κ1) is 15.8. The van der Waals surface area contributed by atoms with Crippen molar-refractivity contribution in [2.75, 3.05) is 6.54 Å². The Morgan fingerprint density at radius 2 is 2.00 bits per heavy atom. The fourth-order valence-electron chi connectivity index (χ4n) is 2.66. The van der Waals surface area contributed by atoms with E-state index in [9.17, 15) is 0 Å². The van der Waals surface area contributed by atoms with Crippen molar-refractivity contribution in [3.05, 3.63) is 53.3 Å². The molecule has 0 bridgehead atoms. The highest BCUT2D eigenvalue weighted by molar-refractivity contribution is 5.23. The topological polar surface area (TPSA) is 29.9 Å². The highest BCUT2D eigenvalue weighted by Crippen LogP contribution is 2.11. The summed E-state index contributed by atoms with van der Waals surface area (Å²) in [6.45, 7) is 9.62. The van der Waals surface area contributed by atoms with E-state index in [2.05, 4.69) is 74.6 Å². The third kappa shape index (κ3) is 4.71. The summed E-state index contributed by atoms with van der Waals surface area (Å²) in [5.41, 5.74) is 3.89. The van der Waals surface area contributed by atoms with Gasteiger partial charge in [0.15, 0.2) is 0 Å². The molecule has 1 heterocycles. The molecule has 21 heavy (non-hydrogen) atoms. The lowest BCUT2D eigenvalue weighted by atomic mass is 10.0. The van der Waals surface area contributed by atoms with E-state index in [1.807, 2.05) is 4.68 Å². The molecule has 3 heteroatoms. The van der Waals surface area contributed by atoms with E-state index < -0.39 is 0 Å². The molecule has 1 unspecified atom stereocenters. The molecule has 114 valence electrons. The molecule has 2 aromatic rings. The summed E-state index contributed by atoms with van der Waals surface area (Å²) in [5.74, 6) is 0. The van der Waals surface area contributed by atoms with Crippen LogP contribution in [0.15, 0.2) is 36.5 Å². The largest absolute Gasteiger partial charge is 0.314 e. The van der Waals surface area contributed by atoms with Crippen LogP contribution in [0.1, 0.15) is 43.6 Å². The third-order valence-electron chi connectivity index (χ3n) is 3.71. The number of rotatable bonds is 7. The zero-order valence-electron chi connectivity index (χ0n) is 13.6. The minimum Gasteiger partial charge on any atom is -0.314 e. The van der Waals surface area contributed by atoms with Crippen LogP contribution in [-0.4, -0.2) is 22.4 Å². The van der Waals surface area contributed by atoms with Crippen LogP contribution >= 0.6 is 0 Å². The molecule has 1 atom stereocenters. The van der Waals surface area contributed by atoms with Gasteiger partial charge in [-0.1, -0.05) is 36.8 Å². The van der Waals surface area contributed by atoms with Crippen molar-refractivity contribution in [1.29, 1.82) is 0 Å². The smallest absolute Gasteiger partial charge is 0.0640 e. The Bertz CT molecular complexity index is 557. The minimum atomic E-state index is 0.424. The molecule has 1 aromatic carbocycles. The first-order valence-electron chi connectivity index (χ1n) is 7.91. The zero-order valence-corrected chi connectivity index (χ0v) is 13.6. The molecular formula is C18H27N3. The highest BCUT2D eigenvalue weighted by atomic mass is 15.3. The summed E-state index contributed by atoms with van der Waals surface area (Å²) in [4.78, 5) is 0. The normalized spacial score (nSPS) is 12.8. The summed E-state index contributed by atoms with van der Waals surface area (Å²) in [6.07, 6.45) is 4.10. The van der Waals surface area contributed by atoms with Crippen LogP contribution < -0.4 is 5.32 Å². The number of benzene rings is 1. The van der Waals surface area contributed by atoms with Crippen molar-refractivity contribution in [2.24, 2.45) is 0 Å². The fraction of sp³-hybridized carbons (Fsp3) is 0.500. The SMILES string of the molecule is CCNC(Cc1cccc(C)c1)Cc1ccn(C(C)C)n1. The predicted octanol–water partition coefficient (Wildman–Crippen LogP) is 3.54. The van der Waals surface area contributed by atoms with Gasteiger partial charge in [0.25, 0.3) is 0 Å². The Labute approximate surface area is 128 Å². The average Bonchev–Trinajstić information content (AvgIpc) is 2.88. The summed E-state index contributed by atoms with van der Waals surface area (Å²) in [7, 11) is 0. The lowest BCUT2D eigenvalue weighted by Crippen LogP contribution is -2.33. The lowest BCUT2D eigenvalue weighted by molar-refractivity contribution is 0.494. The van der Waals surface area contributed by atoms with E-state index in [1.165, 1.54) is 16.8 Å². The van der Waals surface area contributed by atoms with E-state index in [0.717, 1.165) is 19.4 Å². The van der Waals surface area contributed by atoms with E-state index >= 15 is 0 Å². The van der Waals surface area contributed by atoms with Crippen LogP contribution in [0.2, 0.25) is 0 Å². The number of nitrogens with one attached hydrogen (secondary N) is 1. The van der Waals surface area contributed by atoms with Gasteiger partial charge in [-0.05, 0) is 45.4 Å². The molecule has 1 aromatic heterocycles. The third-order valence-corrected chi connectivity index (χ3v) is 3.71. The fourth-order valence-corrected chi connectivity index (χ4v) is 2.66. The van der Waals surface area contributed by atoms with Gasteiger partial charge >= 0.3 is 0 Å². The first-order valence-corrected chi connectivity index (χ1v) is 7.91. The Balaban J connectivity index is 2.04. The molecular weight excluding hydrogens is 258 g/mol. The number of nitrogens with zero attached hydrogens (tertiary/aromatic N) is 2. The second-order valence-electron chi connectivity index (χ2n) is 6.03. The van der Waals surface area contributed by atoms with Crippen molar-refractivity contribution in [2.45, 2.75) is 52.6 Å². The standard InChI is InChI=1S/C18H27N3/c1-5-19-18(12-16-8-6-7-15(4)11-16)13-17-9-10-21(20-17)14(2)3/h6-11,14,18-19H,5,12-13H2,1-4H3. The molecule has 0 amide bonds. The van der Waals surface area contributed by atoms with E-state index in [-0.39, 0.29) is 0 Å². The number of aromatic nitrogens is 2. The number of aryl methyl sites for hydroxylation is 1. The molecule has 0 fully saturated rings. The van der Waals surface area contributed by atoms with Crippen LogP contribution in [0.4, 0.5) is 0 Å². The predicted molar refractivity (Wildman–Crippen MR) is 88.7 cm³/mol. The second kappa shape index (κ2) is 7.41. The van der Waals surface area contributed by atoms with Crippen LogP contribution in [0.3, 0.4) is 0 Å². The van der Waals surface area contributed by atoms with Crippen molar-refractivity contribution in [3.8, 4) is 0 Å². The van der Waals surface area contributed by atoms with Crippen LogP contribution in [-0.2, 0) is 12.8 Å². The lowest BCUT2D eigenvalue weighted by Gasteiger charge is -2.17. The second-order valence-corrected chi connectivity index (χ2v) is 6.03. The van der Waals surface area contributed by atoms with Crippen LogP contribution in [0, 0.1) is 6.92 Å². The zero-order chi connectivity index (χ0) is 15.2. The molecule has 1 N–H and O–H groups in total. The molecule has 0 aliphatic heterocycles. The molecule has 0 saturated heterocycles. The Morgan fingerprint density at radius 3 is 2.62 bits per heavy atom. The maximum Gasteiger partial charge on any atom is 0.0640 e. The number of hydrogen-bond donors (Lipinski definition) is 1. The molecule has 3 nitrogen and oxygen atoms in total. The van der Waals surface area contributed by atoms with Crippen LogP contribution in [0.5, 0.6) is 0 Å². The van der Waals surface area contributed by atoms with Crippen molar-refractivity contribution >= 4 is 0 Å². The Hall–Kier alpha value is -1.61. The van der Waals surface area contributed by atoms with Gasteiger partial charge in [0.1, 0.15) is 0 Å². The first-order chi connectivity index (χ1) is 10.1. The molecule has 0 spiro atoms. The molecule has 0 aliphatic rings. The summed E-state index contributed by atoms with van der Waals surface area (Å²) < 4.78 is 2.03. The van der Waals surface area contributed by atoms with E-state index in [4.69, 9.17) is 0 Å². The average molecular weight is 285 g/mol. The number of likely N-dealkylation sites (N-methyl/N-ethyl adjacent to an activating group) is 1. The highest BCUT2D eigenvalue weighted by Gasteiger charge is 2.12. The Kier molecular flexibility index (Phi) is 5.57. The van der Waals surface area contributed by atoms with Gasteiger partial charge in [-0.15, -0.1) is 0 Å². The summed E-state index contributed by atoms with van der Waals surface area (Å²) >= 11 is 0. The van der Waals surface area contributed by atoms with Gasteiger partial charge in [0, 0.05) is 24.7 Å². The van der Waals surface area contributed by atoms with E-state index in [0.29, 0.717) is 12.1 Å². The van der Waals surface area contributed by atoms with Gasteiger partial charge in [0.05, 0.1) is 5.69 Å². The van der Waals surface area contributed by atoms with Crippen LogP contribution in [0.25, 0.3) is 0 Å². The van der Waals surface area contributed by atoms with Crippen molar-refractivity contribution < 1.29 is 0 Å².